The number of carbonyl (C=O) groups is 1. The summed E-state index contributed by atoms with van der Waals surface area (Å²) in [4.78, 5) is 21.0. The first-order chi connectivity index (χ1) is 10.7. The number of ether oxygens (including phenoxy) is 1. The molecule has 5 nitrogen and oxygen atoms in total. The molecule has 3 heterocycles. The Hall–Kier alpha value is -1.62. The summed E-state index contributed by atoms with van der Waals surface area (Å²) >= 11 is 0. The number of hydrogen-bond donors (Lipinski definition) is 0. The highest BCUT2D eigenvalue weighted by atomic mass is 16.5. The molecule has 1 aromatic rings. The second-order valence-electron chi connectivity index (χ2n) is 6.45. The summed E-state index contributed by atoms with van der Waals surface area (Å²) in [7, 11) is 2.10. The molecule has 2 unspecified atom stereocenters. The number of nitrogens with zero attached hydrogens (tertiary/aromatic N) is 3. The molecule has 0 spiro atoms. The number of piperidine rings is 2. The molecule has 120 valence electrons. The van der Waals surface area contributed by atoms with Gasteiger partial charge in [-0.2, -0.15) is 0 Å². The van der Waals surface area contributed by atoms with Gasteiger partial charge < -0.3 is 14.5 Å². The van der Waals surface area contributed by atoms with Crippen molar-refractivity contribution in [3.8, 4) is 5.75 Å². The third kappa shape index (κ3) is 3.77. The number of pyridine rings is 1. The predicted octanol–water partition coefficient (Wildman–Crippen LogP) is 1.79. The van der Waals surface area contributed by atoms with Crippen LogP contribution >= 0.6 is 0 Å². The van der Waals surface area contributed by atoms with Crippen molar-refractivity contribution in [2.24, 2.45) is 5.92 Å². The molecular formula is C17H25N3O2. The van der Waals surface area contributed by atoms with Gasteiger partial charge in [-0.05, 0) is 51.4 Å². The van der Waals surface area contributed by atoms with Crippen LogP contribution in [0, 0.1) is 5.92 Å². The molecule has 1 amide bonds. The van der Waals surface area contributed by atoms with E-state index in [4.69, 9.17) is 4.74 Å². The lowest BCUT2D eigenvalue weighted by Crippen LogP contribution is -2.49. The van der Waals surface area contributed by atoms with Gasteiger partial charge in [0.1, 0.15) is 11.9 Å². The summed E-state index contributed by atoms with van der Waals surface area (Å²) in [5.74, 6) is 1.32. The number of carbonyl (C=O) groups excluding carboxylic acids is 1. The molecule has 0 aromatic carbocycles. The second-order valence-corrected chi connectivity index (χ2v) is 6.45. The zero-order chi connectivity index (χ0) is 15.4. The third-order valence-electron chi connectivity index (χ3n) is 4.62. The molecule has 22 heavy (non-hydrogen) atoms. The van der Waals surface area contributed by atoms with Crippen molar-refractivity contribution in [1.29, 1.82) is 0 Å². The third-order valence-corrected chi connectivity index (χ3v) is 4.62. The monoisotopic (exact) mass is 303 g/mol. The Morgan fingerprint density at radius 2 is 1.95 bits per heavy atom. The molecule has 0 N–H and O–H groups in total. The van der Waals surface area contributed by atoms with Crippen molar-refractivity contribution >= 4 is 5.91 Å². The predicted molar refractivity (Wildman–Crippen MR) is 84.7 cm³/mol. The lowest BCUT2D eigenvalue weighted by molar-refractivity contribution is -0.139. The Balaban J connectivity index is 1.57. The van der Waals surface area contributed by atoms with Gasteiger partial charge in [-0.1, -0.05) is 0 Å². The second kappa shape index (κ2) is 7.09. The maximum Gasteiger partial charge on any atom is 0.227 e. The molecule has 2 fully saturated rings. The first-order valence-corrected chi connectivity index (χ1v) is 8.26. The molecule has 0 bridgehead atoms. The first kappa shape index (κ1) is 15.3. The van der Waals surface area contributed by atoms with Crippen LogP contribution in [0.5, 0.6) is 5.75 Å². The Morgan fingerprint density at radius 1 is 1.18 bits per heavy atom. The summed E-state index contributed by atoms with van der Waals surface area (Å²) in [6, 6.07) is 3.74. The fourth-order valence-corrected chi connectivity index (χ4v) is 3.47. The largest absolute Gasteiger partial charge is 0.488 e. The molecule has 1 aromatic heterocycles. The molecule has 5 heteroatoms. The number of amides is 1. The molecule has 2 aliphatic heterocycles. The summed E-state index contributed by atoms with van der Waals surface area (Å²) in [5.41, 5.74) is 0. The normalized spacial score (nSPS) is 26.7. The van der Waals surface area contributed by atoms with Gasteiger partial charge in [-0.25, -0.2) is 0 Å². The minimum Gasteiger partial charge on any atom is -0.488 e. The fraction of sp³-hybridized carbons (Fsp3) is 0.647. The van der Waals surface area contributed by atoms with E-state index in [1.54, 1.807) is 12.4 Å². The van der Waals surface area contributed by atoms with Crippen molar-refractivity contribution in [2.75, 3.05) is 33.2 Å². The van der Waals surface area contributed by atoms with Gasteiger partial charge in [-0.3, -0.25) is 9.78 Å². The Kier molecular flexibility index (Phi) is 4.93. The number of likely N-dealkylation sites (tertiary alicyclic amines) is 2. The smallest absolute Gasteiger partial charge is 0.227 e. The van der Waals surface area contributed by atoms with Gasteiger partial charge in [0, 0.05) is 25.5 Å². The van der Waals surface area contributed by atoms with Crippen molar-refractivity contribution in [3.05, 3.63) is 24.5 Å². The average molecular weight is 303 g/mol. The standard InChI is InChI=1S/C17H25N3O2/c1-19-10-2-4-14(12-19)17(21)20-11-3-5-16(13-20)22-15-6-8-18-9-7-15/h6-9,14,16H,2-5,10-13H2,1H3. The van der Waals surface area contributed by atoms with E-state index in [2.05, 4.69) is 16.9 Å². The molecule has 2 saturated heterocycles. The van der Waals surface area contributed by atoms with E-state index in [0.29, 0.717) is 12.5 Å². The van der Waals surface area contributed by atoms with E-state index in [1.807, 2.05) is 17.0 Å². The Morgan fingerprint density at radius 3 is 2.73 bits per heavy atom. The van der Waals surface area contributed by atoms with Crippen LogP contribution in [0.25, 0.3) is 0 Å². The topological polar surface area (TPSA) is 45.7 Å². The van der Waals surface area contributed by atoms with Crippen LogP contribution in [0.1, 0.15) is 25.7 Å². The Labute approximate surface area is 132 Å². The quantitative estimate of drug-likeness (QED) is 0.854. The maximum absolute atomic E-state index is 12.7. The highest BCUT2D eigenvalue weighted by Gasteiger charge is 2.31. The first-order valence-electron chi connectivity index (χ1n) is 8.26. The molecule has 0 saturated carbocycles. The zero-order valence-corrected chi connectivity index (χ0v) is 13.3. The minimum atomic E-state index is 0.0985. The van der Waals surface area contributed by atoms with Gasteiger partial charge in [0.2, 0.25) is 5.91 Å². The number of rotatable bonds is 3. The average Bonchev–Trinajstić information content (AvgIpc) is 2.55. The molecule has 0 radical (unpaired) electrons. The summed E-state index contributed by atoms with van der Waals surface area (Å²) < 4.78 is 6.00. The van der Waals surface area contributed by atoms with Crippen LogP contribution in [0.4, 0.5) is 0 Å². The molecule has 3 rings (SSSR count). The molecular weight excluding hydrogens is 278 g/mol. The van der Waals surface area contributed by atoms with Crippen molar-refractivity contribution < 1.29 is 9.53 Å². The van der Waals surface area contributed by atoms with Crippen LogP contribution in [-0.2, 0) is 4.79 Å². The van der Waals surface area contributed by atoms with Crippen LogP contribution in [0.3, 0.4) is 0 Å². The highest BCUT2D eigenvalue weighted by Crippen LogP contribution is 2.22. The minimum absolute atomic E-state index is 0.0985. The summed E-state index contributed by atoms with van der Waals surface area (Å²) in [6.45, 7) is 3.58. The van der Waals surface area contributed by atoms with E-state index in [9.17, 15) is 4.79 Å². The van der Waals surface area contributed by atoms with Crippen LogP contribution < -0.4 is 4.74 Å². The van der Waals surface area contributed by atoms with E-state index in [1.165, 1.54) is 0 Å². The fourth-order valence-electron chi connectivity index (χ4n) is 3.47. The highest BCUT2D eigenvalue weighted by molar-refractivity contribution is 5.79. The molecule has 2 atom stereocenters. The summed E-state index contributed by atoms with van der Waals surface area (Å²) in [6.07, 6.45) is 7.74. The summed E-state index contributed by atoms with van der Waals surface area (Å²) in [5, 5.41) is 0. The number of hydrogen-bond acceptors (Lipinski definition) is 4. The Bertz CT molecular complexity index is 494. The lowest BCUT2D eigenvalue weighted by Gasteiger charge is -2.37. The van der Waals surface area contributed by atoms with Crippen LogP contribution in [0.15, 0.2) is 24.5 Å². The van der Waals surface area contributed by atoms with E-state index >= 15 is 0 Å². The van der Waals surface area contributed by atoms with Crippen molar-refractivity contribution in [3.63, 3.8) is 0 Å². The van der Waals surface area contributed by atoms with Gasteiger partial charge in [0.05, 0.1) is 12.5 Å². The van der Waals surface area contributed by atoms with Gasteiger partial charge in [0.15, 0.2) is 0 Å². The maximum atomic E-state index is 12.7. The van der Waals surface area contributed by atoms with Crippen molar-refractivity contribution in [2.45, 2.75) is 31.8 Å². The van der Waals surface area contributed by atoms with Crippen LogP contribution in [-0.4, -0.2) is 60.0 Å². The zero-order valence-electron chi connectivity index (χ0n) is 13.3. The van der Waals surface area contributed by atoms with E-state index in [-0.39, 0.29) is 12.0 Å². The molecule has 0 aliphatic carbocycles. The van der Waals surface area contributed by atoms with E-state index < -0.39 is 0 Å². The van der Waals surface area contributed by atoms with Gasteiger partial charge >= 0.3 is 0 Å². The molecule has 2 aliphatic rings. The van der Waals surface area contributed by atoms with Crippen molar-refractivity contribution in [1.82, 2.24) is 14.8 Å². The lowest BCUT2D eigenvalue weighted by atomic mass is 9.95. The van der Waals surface area contributed by atoms with Gasteiger partial charge in [-0.15, -0.1) is 0 Å². The number of aromatic nitrogens is 1. The van der Waals surface area contributed by atoms with Gasteiger partial charge in [0.25, 0.3) is 0 Å². The van der Waals surface area contributed by atoms with E-state index in [0.717, 1.165) is 51.1 Å². The van der Waals surface area contributed by atoms with Crippen LogP contribution in [0.2, 0.25) is 0 Å². The SMILES string of the molecule is CN1CCCC(C(=O)N2CCCC(Oc3ccncc3)C2)C1.